The van der Waals surface area contributed by atoms with Crippen molar-refractivity contribution in [1.82, 2.24) is 10.2 Å². The molecule has 0 spiro atoms. The predicted octanol–water partition coefficient (Wildman–Crippen LogP) is 5.77. The minimum absolute atomic E-state index is 0.0310. The second-order valence-corrected chi connectivity index (χ2v) is 9.36. The van der Waals surface area contributed by atoms with Gasteiger partial charge in [-0.15, -0.1) is 0 Å². The number of ether oxygens (including phenoxy) is 1. The molecule has 3 aromatic rings. The zero-order valence-electron chi connectivity index (χ0n) is 19.9. The van der Waals surface area contributed by atoms with Crippen LogP contribution in [0, 0.1) is 5.92 Å². The summed E-state index contributed by atoms with van der Waals surface area (Å²) in [6.45, 7) is 7.31. The normalized spacial score (nSPS) is 14.5. The van der Waals surface area contributed by atoms with Gasteiger partial charge in [0.1, 0.15) is 5.75 Å². The maximum atomic E-state index is 13.0. The number of hydrogen-bond donors (Lipinski definition) is 1. The van der Waals surface area contributed by atoms with Gasteiger partial charge in [-0.25, -0.2) is 0 Å². The van der Waals surface area contributed by atoms with Crippen LogP contribution in [0.4, 0.5) is 0 Å². The highest BCUT2D eigenvalue weighted by molar-refractivity contribution is 5.94. The van der Waals surface area contributed by atoms with Crippen molar-refractivity contribution in [2.45, 2.75) is 45.8 Å². The molecule has 1 amide bonds. The summed E-state index contributed by atoms with van der Waals surface area (Å²) in [5, 5.41) is 3.24. The van der Waals surface area contributed by atoms with Crippen LogP contribution in [0.25, 0.3) is 0 Å². The summed E-state index contributed by atoms with van der Waals surface area (Å²) in [5.41, 5.74) is 5.92. The van der Waals surface area contributed by atoms with Gasteiger partial charge in [-0.3, -0.25) is 9.69 Å². The van der Waals surface area contributed by atoms with Gasteiger partial charge in [0.25, 0.3) is 5.91 Å². The third-order valence-corrected chi connectivity index (χ3v) is 6.36. The summed E-state index contributed by atoms with van der Waals surface area (Å²) in [4.78, 5) is 15.5. The van der Waals surface area contributed by atoms with E-state index in [4.69, 9.17) is 4.74 Å². The topological polar surface area (TPSA) is 41.6 Å². The molecule has 4 nitrogen and oxygen atoms in total. The summed E-state index contributed by atoms with van der Waals surface area (Å²) in [5.74, 6) is 1.26. The highest BCUT2D eigenvalue weighted by Gasteiger charge is 2.19. The minimum Gasteiger partial charge on any atom is -0.497 e. The molecule has 0 aromatic heterocycles. The Morgan fingerprint density at radius 2 is 1.67 bits per heavy atom. The second-order valence-electron chi connectivity index (χ2n) is 9.36. The Labute approximate surface area is 197 Å². The number of nitrogens with one attached hydrogen (secondary N) is 1. The van der Waals surface area contributed by atoms with Gasteiger partial charge < -0.3 is 10.1 Å². The number of nitrogens with zero attached hydrogens (tertiary/aromatic N) is 1. The van der Waals surface area contributed by atoms with Gasteiger partial charge in [0.05, 0.1) is 13.2 Å². The van der Waals surface area contributed by atoms with Gasteiger partial charge in [-0.1, -0.05) is 62.4 Å². The van der Waals surface area contributed by atoms with Crippen molar-refractivity contribution >= 4 is 5.91 Å². The van der Waals surface area contributed by atoms with Gasteiger partial charge >= 0.3 is 0 Å². The summed E-state index contributed by atoms with van der Waals surface area (Å²) in [6.07, 6.45) is 1.98. The lowest BCUT2D eigenvalue weighted by Crippen LogP contribution is -2.30. The molecule has 0 fully saturated rings. The van der Waals surface area contributed by atoms with E-state index in [0.29, 0.717) is 11.5 Å². The first kappa shape index (κ1) is 23.1. The van der Waals surface area contributed by atoms with Crippen molar-refractivity contribution in [1.29, 1.82) is 0 Å². The third-order valence-electron chi connectivity index (χ3n) is 6.36. The van der Waals surface area contributed by atoms with Crippen molar-refractivity contribution in [3.8, 4) is 5.75 Å². The van der Waals surface area contributed by atoms with E-state index in [9.17, 15) is 4.79 Å². The van der Waals surface area contributed by atoms with Crippen LogP contribution >= 0.6 is 0 Å². The first-order chi connectivity index (χ1) is 16.0. The van der Waals surface area contributed by atoms with Gasteiger partial charge in [-0.2, -0.15) is 0 Å². The van der Waals surface area contributed by atoms with Crippen LogP contribution in [-0.4, -0.2) is 24.5 Å². The minimum atomic E-state index is -0.0325. The standard InChI is InChI=1S/C29H34N2O2/c1-21(2)18-28(24-12-14-27(33-3)15-13-24)30-29(32)25-10-8-22(9-11-25)19-31-17-16-23-6-4-5-7-26(23)20-31/h4-15,21,28H,16-20H2,1-3H3,(H,30,32). The summed E-state index contributed by atoms with van der Waals surface area (Å²) in [6, 6.07) is 24.7. The van der Waals surface area contributed by atoms with Crippen molar-refractivity contribution < 1.29 is 9.53 Å². The Balaban J connectivity index is 1.39. The van der Waals surface area contributed by atoms with Gasteiger partial charge in [0, 0.05) is 25.2 Å². The zero-order chi connectivity index (χ0) is 23.2. The summed E-state index contributed by atoms with van der Waals surface area (Å²) < 4.78 is 5.27. The second kappa shape index (κ2) is 10.7. The average Bonchev–Trinajstić information content (AvgIpc) is 2.84. The Kier molecular flexibility index (Phi) is 7.46. The van der Waals surface area contributed by atoms with Crippen LogP contribution in [0.2, 0.25) is 0 Å². The number of benzene rings is 3. The number of fused-ring (bicyclic) bond motifs is 1. The number of amides is 1. The number of carbonyl (C=O) groups excluding carboxylic acids is 1. The predicted molar refractivity (Wildman–Crippen MR) is 133 cm³/mol. The number of methoxy groups -OCH3 is 1. The van der Waals surface area contributed by atoms with Crippen LogP contribution in [0.15, 0.2) is 72.8 Å². The molecule has 1 N–H and O–H groups in total. The molecule has 0 bridgehead atoms. The highest BCUT2D eigenvalue weighted by atomic mass is 16.5. The summed E-state index contributed by atoms with van der Waals surface area (Å²) in [7, 11) is 1.66. The lowest BCUT2D eigenvalue weighted by molar-refractivity contribution is 0.0932. The molecular weight excluding hydrogens is 408 g/mol. The Bertz CT molecular complexity index is 1060. The van der Waals surface area contributed by atoms with Crippen LogP contribution < -0.4 is 10.1 Å². The van der Waals surface area contributed by atoms with E-state index in [2.05, 4.69) is 60.5 Å². The smallest absolute Gasteiger partial charge is 0.251 e. The monoisotopic (exact) mass is 442 g/mol. The van der Waals surface area contributed by atoms with Gasteiger partial charge in [-0.05, 0) is 65.3 Å². The molecule has 4 rings (SSSR count). The zero-order valence-corrected chi connectivity index (χ0v) is 19.9. The largest absolute Gasteiger partial charge is 0.497 e. The molecule has 33 heavy (non-hydrogen) atoms. The van der Waals surface area contributed by atoms with E-state index < -0.39 is 0 Å². The molecule has 172 valence electrons. The lowest BCUT2D eigenvalue weighted by Gasteiger charge is -2.28. The Morgan fingerprint density at radius 1 is 0.970 bits per heavy atom. The van der Waals surface area contributed by atoms with E-state index in [0.717, 1.165) is 43.8 Å². The van der Waals surface area contributed by atoms with E-state index in [1.807, 2.05) is 36.4 Å². The van der Waals surface area contributed by atoms with Gasteiger partial charge in [0.2, 0.25) is 0 Å². The molecule has 3 aromatic carbocycles. The Hall–Kier alpha value is -3.11. The lowest BCUT2D eigenvalue weighted by atomic mass is 9.96. The maximum Gasteiger partial charge on any atom is 0.251 e. The molecule has 0 saturated carbocycles. The van der Waals surface area contributed by atoms with E-state index in [1.54, 1.807) is 7.11 Å². The molecule has 1 aliphatic rings. The molecule has 1 unspecified atom stereocenters. The SMILES string of the molecule is COc1ccc(C(CC(C)C)NC(=O)c2ccc(CN3CCc4ccccc4C3)cc2)cc1. The van der Waals surface area contributed by atoms with Crippen molar-refractivity contribution in [2.75, 3.05) is 13.7 Å². The maximum absolute atomic E-state index is 13.0. The van der Waals surface area contributed by atoms with Crippen LogP contribution in [0.3, 0.4) is 0 Å². The molecule has 0 saturated heterocycles. The molecule has 1 atom stereocenters. The first-order valence-corrected chi connectivity index (χ1v) is 11.8. The molecule has 0 radical (unpaired) electrons. The van der Waals surface area contributed by atoms with Crippen molar-refractivity contribution in [3.63, 3.8) is 0 Å². The van der Waals surface area contributed by atoms with Crippen LogP contribution in [0.5, 0.6) is 5.75 Å². The molecule has 0 aliphatic carbocycles. The average molecular weight is 443 g/mol. The van der Waals surface area contributed by atoms with Gasteiger partial charge in [0.15, 0.2) is 0 Å². The van der Waals surface area contributed by atoms with Crippen LogP contribution in [-0.2, 0) is 19.5 Å². The fraction of sp³-hybridized carbons (Fsp3) is 0.345. The third kappa shape index (κ3) is 6.02. The molecule has 1 aliphatic heterocycles. The fourth-order valence-corrected chi connectivity index (χ4v) is 4.54. The van der Waals surface area contributed by atoms with E-state index >= 15 is 0 Å². The van der Waals surface area contributed by atoms with E-state index in [1.165, 1.54) is 16.7 Å². The molecule has 4 heteroatoms. The molecule has 1 heterocycles. The summed E-state index contributed by atoms with van der Waals surface area (Å²) >= 11 is 0. The van der Waals surface area contributed by atoms with Crippen molar-refractivity contribution in [3.05, 3.63) is 101 Å². The first-order valence-electron chi connectivity index (χ1n) is 11.8. The highest BCUT2D eigenvalue weighted by Crippen LogP contribution is 2.24. The number of carbonyl (C=O) groups is 1. The van der Waals surface area contributed by atoms with Crippen LogP contribution in [0.1, 0.15) is 58.9 Å². The number of hydrogen-bond acceptors (Lipinski definition) is 3. The molecular formula is C29H34N2O2. The fourth-order valence-electron chi connectivity index (χ4n) is 4.54. The Morgan fingerprint density at radius 3 is 2.33 bits per heavy atom. The quantitative estimate of drug-likeness (QED) is 0.481. The van der Waals surface area contributed by atoms with E-state index in [-0.39, 0.29) is 11.9 Å². The van der Waals surface area contributed by atoms with Crippen molar-refractivity contribution in [2.24, 2.45) is 5.92 Å². The number of rotatable bonds is 8.